The van der Waals surface area contributed by atoms with Crippen molar-refractivity contribution in [3.05, 3.63) is 52.6 Å². The molecule has 1 aromatic heterocycles. The Morgan fingerprint density at radius 1 is 1.34 bits per heavy atom. The Morgan fingerprint density at radius 2 is 2.09 bits per heavy atom. The first-order valence-corrected chi connectivity index (χ1v) is 10.6. The van der Waals surface area contributed by atoms with Crippen LogP contribution in [0.4, 0.5) is 4.79 Å². The van der Waals surface area contributed by atoms with Gasteiger partial charge in [-0.2, -0.15) is 0 Å². The van der Waals surface area contributed by atoms with E-state index in [4.69, 9.17) is 15.2 Å². The molecule has 0 radical (unpaired) electrons. The van der Waals surface area contributed by atoms with E-state index >= 15 is 0 Å². The van der Waals surface area contributed by atoms with Gasteiger partial charge in [-0.3, -0.25) is 14.6 Å². The number of methoxy groups -OCH3 is 1. The lowest BCUT2D eigenvalue weighted by Gasteiger charge is -2.39. The number of Topliss-reactive ketones (excluding diaryl/α,β-unsaturated/α-hetero) is 2. The number of rotatable bonds is 7. The number of ketones is 2. The summed E-state index contributed by atoms with van der Waals surface area (Å²) in [5, 5.41) is 6.50. The van der Waals surface area contributed by atoms with Gasteiger partial charge in [0.15, 0.2) is 5.72 Å². The Labute approximate surface area is 184 Å². The third kappa shape index (κ3) is 2.86. The van der Waals surface area contributed by atoms with Gasteiger partial charge in [-0.1, -0.05) is 0 Å². The largest absolute Gasteiger partial charge is 0.449 e. The second kappa shape index (κ2) is 7.42. The van der Waals surface area contributed by atoms with E-state index in [0.717, 1.165) is 5.56 Å². The maximum absolute atomic E-state index is 13.7. The molecule has 1 amide bonds. The van der Waals surface area contributed by atoms with Gasteiger partial charge in [0.2, 0.25) is 11.6 Å². The normalized spacial score (nSPS) is 30.3. The zero-order chi connectivity index (χ0) is 22.6. The van der Waals surface area contributed by atoms with Crippen LogP contribution in [-0.4, -0.2) is 72.2 Å². The van der Waals surface area contributed by atoms with Gasteiger partial charge >= 0.3 is 6.09 Å². The number of fused-ring (bicyclic) bond motifs is 4. The first-order chi connectivity index (χ1) is 15.4. The van der Waals surface area contributed by atoms with Gasteiger partial charge in [0.25, 0.3) is 0 Å². The van der Waals surface area contributed by atoms with Gasteiger partial charge in [0, 0.05) is 49.8 Å². The summed E-state index contributed by atoms with van der Waals surface area (Å²) in [4.78, 5) is 44.3. The highest BCUT2D eigenvalue weighted by Crippen LogP contribution is 2.55. The molecule has 0 spiro atoms. The van der Waals surface area contributed by atoms with E-state index in [0.29, 0.717) is 36.4 Å². The zero-order valence-electron chi connectivity index (χ0n) is 17.9. The van der Waals surface area contributed by atoms with E-state index in [-0.39, 0.29) is 36.0 Å². The molecule has 168 valence electrons. The summed E-state index contributed by atoms with van der Waals surface area (Å²) < 4.78 is 11.1. The minimum atomic E-state index is -0.969. The van der Waals surface area contributed by atoms with Crippen LogP contribution in [0.3, 0.4) is 0 Å². The third-order valence-electron chi connectivity index (χ3n) is 6.89. The maximum atomic E-state index is 13.7. The van der Waals surface area contributed by atoms with E-state index in [2.05, 4.69) is 15.6 Å². The lowest BCUT2D eigenvalue weighted by atomic mass is 9.82. The highest BCUT2D eigenvalue weighted by atomic mass is 16.6. The van der Waals surface area contributed by atoms with Crippen LogP contribution in [0, 0.1) is 5.92 Å². The number of nitrogens with two attached hydrogens (primary N) is 1. The van der Waals surface area contributed by atoms with Crippen LogP contribution < -0.4 is 16.4 Å². The van der Waals surface area contributed by atoms with Gasteiger partial charge < -0.3 is 30.7 Å². The van der Waals surface area contributed by atoms with E-state index in [1.54, 1.807) is 26.4 Å². The predicted molar refractivity (Wildman–Crippen MR) is 112 cm³/mol. The average molecular weight is 439 g/mol. The number of pyridine rings is 1. The molecule has 1 aromatic rings. The van der Waals surface area contributed by atoms with Crippen molar-refractivity contribution in [3.63, 3.8) is 0 Å². The molecule has 32 heavy (non-hydrogen) atoms. The second-order valence-electron chi connectivity index (χ2n) is 8.45. The number of allylic oxidation sites excluding steroid dienone is 2. The standard InChI is InChI=1S/C22H25N5O5/c1-11-16(25-8-5-12-3-6-24-7-4-12)19(29)15-13(10-32-21(23)30)22(31-2)20-14(26-20)9-27(22)17(15)18(11)28/h3-4,6-7,13-14,20,25-26H,5,8-10H2,1-2H3,(H2,23,30)/t13?,14?,20?,22-/m1/s1. The van der Waals surface area contributed by atoms with Crippen LogP contribution in [0.1, 0.15) is 12.5 Å². The number of nitrogens with zero attached hydrogens (tertiary/aromatic N) is 2. The summed E-state index contributed by atoms with van der Waals surface area (Å²) in [6.07, 6.45) is 3.16. The number of ether oxygens (including phenoxy) is 2. The molecule has 2 fully saturated rings. The maximum Gasteiger partial charge on any atom is 0.404 e. The molecule has 5 rings (SSSR count). The summed E-state index contributed by atoms with van der Waals surface area (Å²) in [7, 11) is 1.55. The average Bonchev–Trinajstić information content (AvgIpc) is 3.40. The molecule has 2 saturated heterocycles. The van der Waals surface area contributed by atoms with E-state index < -0.39 is 17.7 Å². The number of aromatic nitrogens is 1. The topological polar surface area (TPSA) is 146 Å². The summed E-state index contributed by atoms with van der Waals surface area (Å²) >= 11 is 0. The molecule has 10 nitrogen and oxygen atoms in total. The number of primary amides is 1. The van der Waals surface area contributed by atoms with Crippen LogP contribution in [0.15, 0.2) is 47.1 Å². The monoisotopic (exact) mass is 439 g/mol. The molecular weight excluding hydrogens is 414 g/mol. The summed E-state index contributed by atoms with van der Waals surface area (Å²) in [6.45, 7) is 2.54. The van der Waals surface area contributed by atoms with Crippen molar-refractivity contribution in [2.45, 2.75) is 31.2 Å². The fraction of sp³-hybridized carbons (Fsp3) is 0.455. The van der Waals surface area contributed by atoms with Crippen LogP contribution in [0.2, 0.25) is 0 Å². The van der Waals surface area contributed by atoms with Crippen LogP contribution >= 0.6 is 0 Å². The number of carbonyl (C=O) groups excluding carboxylic acids is 3. The van der Waals surface area contributed by atoms with Crippen LogP contribution in [0.5, 0.6) is 0 Å². The molecule has 4 heterocycles. The first-order valence-electron chi connectivity index (χ1n) is 10.6. The summed E-state index contributed by atoms with van der Waals surface area (Å²) in [5.74, 6) is -1.12. The molecule has 4 aliphatic rings. The number of amides is 1. The second-order valence-corrected chi connectivity index (χ2v) is 8.45. The summed E-state index contributed by atoms with van der Waals surface area (Å²) in [5.41, 5.74) is 6.63. The highest BCUT2D eigenvalue weighted by molar-refractivity contribution is 6.25. The molecule has 0 bridgehead atoms. The predicted octanol–water partition coefficient (Wildman–Crippen LogP) is -0.383. The van der Waals surface area contributed by atoms with Crippen molar-refractivity contribution in [3.8, 4) is 0 Å². The van der Waals surface area contributed by atoms with Crippen molar-refractivity contribution in [1.82, 2.24) is 20.5 Å². The number of hydrogen-bond acceptors (Lipinski definition) is 9. The number of nitrogens with one attached hydrogen (secondary N) is 2. The molecule has 3 aliphatic heterocycles. The Morgan fingerprint density at radius 3 is 2.78 bits per heavy atom. The zero-order valence-corrected chi connectivity index (χ0v) is 17.9. The minimum Gasteiger partial charge on any atom is -0.449 e. The quantitative estimate of drug-likeness (QED) is 0.382. The fourth-order valence-electron chi connectivity index (χ4n) is 5.38. The SMILES string of the molecule is CO[C@@]12C(COC(N)=O)C3=C(C(=O)C(C)=C(NCCc4ccncc4)C3=O)N1CC1NC12. The summed E-state index contributed by atoms with van der Waals surface area (Å²) in [6, 6.07) is 3.90. The molecule has 3 unspecified atom stereocenters. The van der Waals surface area contributed by atoms with Crippen molar-refractivity contribution in [2.75, 3.05) is 26.8 Å². The Bertz CT molecular complexity index is 1070. The van der Waals surface area contributed by atoms with Crippen molar-refractivity contribution < 1.29 is 23.9 Å². The lowest BCUT2D eigenvalue weighted by molar-refractivity contribution is -0.137. The molecule has 10 heteroatoms. The molecule has 0 aromatic carbocycles. The van der Waals surface area contributed by atoms with Gasteiger partial charge in [-0.15, -0.1) is 0 Å². The Kier molecular flexibility index (Phi) is 4.79. The van der Waals surface area contributed by atoms with Gasteiger partial charge in [-0.25, -0.2) is 4.79 Å². The third-order valence-corrected chi connectivity index (χ3v) is 6.89. The van der Waals surface area contributed by atoms with E-state index in [1.165, 1.54) is 0 Å². The molecule has 4 N–H and O–H groups in total. The number of hydrogen-bond donors (Lipinski definition) is 3. The molecule has 0 saturated carbocycles. The number of carbonyl (C=O) groups is 3. The lowest BCUT2D eigenvalue weighted by Crippen LogP contribution is -2.55. The fourth-order valence-corrected chi connectivity index (χ4v) is 5.38. The first kappa shape index (κ1) is 20.7. The van der Waals surface area contributed by atoms with Gasteiger partial charge in [0.1, 0.15) is 6.61 Å². The minimum absolute atomic E-state index is 0.0661. The van der Waals surface area contributed by atoms with Gasteiger partial charge in [0.05, 0.1) is 23.4 Å². The molecular formula is C22H25N5O5. The smallest absolute Gasteiger partial charge is 0.404 e. The van der Waals surface area contributed by atoms with E-state index in [9.17, 15) is 14.4 Å². The van der Waals surface area contributed by atoms with Crippen molar-refractivity contribution >= 4 is 17.7 Å². The molecule has 4 atom stereocenters. The van der Waals surface area contributed by atoms with Crippen LogP contribution in [-0.2, 0) is 25.5 Å². The Balaban J connectivity index is 1.45. The van der Waals surface area contributed by atoms with Crippen molar-refractivity contribution in [2.24, 2.45) is 11.7 Å². The van der Waals surface area contributed by atoms with Crippen LogP contribution in [0.25, 0.3) is 0 Å². The van der Waals surface area contributed by atoms with Gasteiger partial charge in [-0.05, 0) is 31.0 Å². The molecule has 1 aliphatic carbocycles. The Hall–Kier alpha value is -3.24. The highest BCUT2D eigenvalue weighted by Gasteiger charge is 2.72. The van der Waals surface area contributed by atoms with Crippen molar-refractivity contribution in [1.29, 1.82) is 0 Å². The number of piperazine rings is 1. The van der Waals surface area contributed by atoms with E-state index in [1.807, 2.05) is 17.0 Å².